The predicted octanol–water partition coefficient (Wildman–Crippen LogP) is 0.933. The summed E-state index contributed by atoms with van der Waals surface area (Å²) in [5.74, 6) is -0.589. The molecule has 0 radical (unpaired) electrons. The molecule has 22 heavy (non-hydrogen) atoms. The number of hydrogen-bond donors (Lipinski definition) is 3. The molecule has 0 amide bonds. The van der Waals surface area contributed by atoms with Crippen LogP contribution in [0.4, 0.5) is 11.4 Å². The Bertz CT molecular complexity index is 967. The SMILES string of the molecule is O=c1[nH]c(O)c(C=C2C=Nc3ccc([N+](=O)[O-])cc32)c(=O)[nH]1. The summed E-state index contributed by atoms with van der Waals surface area (Å²) in [5.41, 5.74) is -0.514. The third kappa shape index (κ3) is 2.20. The number of fused-ring (bicyclic) bond motifs is 1. The Hall–Kier alpha value is -3.49. The molecule has 1 aliphatic rings. The van der Waals surface area contributed by atoms with E-state index in [-0.39, 0.29) is 11.3 Å². The highest BCUT2D eigenvalue weighted by Crippen LogP contribution is 2.35. The monoisotopic (exact) mass is 300 g/mol. The molecule has 0 unspecified atom stereocenters. The first-order valence-electron chi connectivity index (χ1n) is 6.06. The number of hydrogen-bond acceptors (Lipinski definition) is 6. The fourth-order valence-corrected chi connectivity index (χ4v) is 2.08. The van der Waals surface area contributed by atoms with Gasteiger partial charge in [0.25, 0.3) is 11.2 Å². The second kappa shape index (κ2) is 4.81. The van der Waals surface area contributed by atoms with E-state index < -0.39 is 22.1 Å². The zero-order valence-corrected chi connectivity index (χ0v) is 10.9. The zero-order chi connectivity index (χ0) is 15.9. The maximum atomic E-state index is 11.7. The Morgan fingerprint density at radius 1 is 1.27 bits per heavy atom. The Labute approximate surface area is 121 Å². The smallest absolute Gasteiger partial charge is 0.328 e. The molecular weight excluding hydrogens is 292 g/mol. The van der Waals surface area contributed by atoms with Gasteiger partial charge in [-0.1, -0.05) is 0 Å². The van der Waals surface area contributed by atoms with Gasteiger partial charge in [0.05, 0.1) is 10.6 Å². The van der Waals surface area contributed by atoms with E-state index in [1.54, 1.807) is 0 Å². The second-order valence-corrected chi connectivity index (χ2v) is 4.49. The fourth-order valence-electron chi connectivity index (χ4n) is 2.08. The number of aromatic hydroxyl groups is 1. The number of nitro benzene ring substituents is 1. The standard InChI is InChI=1S/C13H8N4O5/c18-11-9(12(19)16-13(20)15-11)3-6-5-14-10-2-1-7(17(21)22)4-8(6)10/h1-5H,(H3,15,16,18,19,20). The topological polar surface area (TPSA) is 141 Å². The first kappa shape index (κ1) is 13.5. The molecule has 1 aliphatic heterocycles. The lowest BCUT2D eigenvalue weighted by Gasteiger charge is -2.01. The number of rotatable bonds is 2. The van der Waals surface area contributed by atoms with Crippen LogP contribution >= 0.6 is 0 Å². The summed E-state index contributed by atoms with van der Waals surface area (Å²) < 4.78 is 0. The Morgan fingerprint density at radius 3 is 2.73 bits per heavy atom. The van der Waals surface area contributed by atoms with Crippen LogP contribution in [0.15, 0.2) is 32.8 Å². The van der Waals surface area contributed by atoms with Crippen molar-refractivity contribution >= 4 is 29.2 Å². The molecule has 9 heteroatoms. The summed E-state index contributed by atoms with van der Waals surface area (Å²) in [5, 5.41) is 20.5. The molecular formula is C13H8N4O5. The average molecular weight is 300 g/mol. The van der Waals surface area contributed by atoms with Crippen LogP contribution in [-0.2, 0) is 0 Å². The number of H-pyrrole nitrogens is 2. The minimum atomic E-state index is -0.833. The maximum Gasteiger partial charge on any atom is 0.328 e. The number of aliphatic imine (C=N–C) groups is 1. The number of allylic oxidation sites excluding steroid dienone is 1. The van der Waals surface area contributed by atoms with E-state index in [4.69, 9.17) is 0 Å². The van der Waals surface area contributed by atoms with Crippen molar-refractivity contribution in [2.24, 2.45) is 4.99 Å². The summed E-state index contributed by atoms with van der Waals surface area (Å²) >= 11 is 0. The van der Waals surface area contributed by atoms with Crippen molar-refractivity contribution in [2.75, 3.05) is 0 Å². The number of aromatic amines is 2. The van der Waals surface area contributed by atoms with Gasteiger partial charge in [0.15, 0.2) is 0 Å². The number of nitrogens with zero attached hydrogens (tertiary/aromatic N) is 2. The van der Waals surface area contributed by atoms with Crippen molar-refractivity contribution in [2.45, 2.75) is 0 Å². The molecule has 110 valence electrons. The summed E-state index contributed by atoms with van der Waals surface area (Å²) in [4.78, 5) is 41.1. The molecule has 3 rings (SSSR count). The van der Waals surface area contributed by atoms with Gasteiger partial charge in [-0.3, -0.25) is 29.9 Å². The molecule has 3 N–H and O–H groups in total. The molecule has 0 saturated heterocycles. The lowest BCUT2D eigenvalue weighted by Crippen LogP contribution is -2.23. The highest BCUT2D eigenvalue weighted by Gasteiger charge is 2.18. The zero-order valence-electron chi connectivity index (χ0n) is 10.9. The molecule has 1 aromatic carbocycles. The number of nitrogens with one attached hydrogen (secondary N) is 2. The molecule has 2 aromatic rings. The van der Waals surface area contributed by atoms with E-state index in [2.05, 4.69) is 9.98 Å². The number of non-ortho nitro benzene ring substituents is 1. The molecule has 0 spiro atoms. The van der Waals surface area contributed by atoms with E-state index in [0.717, 1.165) is 0 Å². The van der Waals surface area contributed by atoms with Gasteiger partial charge < -0.3 is 5.11 Å². The van der Waals surface area contributed by atoms with Crippen LogP contribution in [0.3, 0.4) is 0 Å². The Morgan fingerprint density at radius 2 is 2.05 bits per heavy atom. The predicted molar refractivity (Wildman–Crippen MR) is 78.5 cm³/mol. The van der Waals surface area contributed by atoms with Gasteiger partial charge in [-0.2, -0.15) is 0 Å². The van der Waals surface area contributed by atoms with Crippen molar-refractivity contribution in [1.82, 2.24) is 9.97 Å². The fraction of sp³-hybridized carbons (Fsp3) is 0. The van der Waals surface area contributed by atoms with Gasteiger partial charge in [0, 0.05) is 29.5 Å². The number of aromatic nitrogens is 2. The van der Waals surface area contributed by atoms with Crippen LogP contribution in [0.1, 0.15) is 11.1 Å². The average Bonchev–Trinajstić information content (AvgIpc) is 2.85. The maximum absolute atomic E-state index is 11.7. The van der Waals surface area contributed by atoms with Gasteiger partial charge in [-0.25, -0.2) is 4.79 Å². The molecule has 1 aromatic heterocycles. The van der Waals surface area contributed by atoms with Crippen LogP contribution in [0.25, 0.3) is 11.6 Å². The molecule has 0 fully saturated rings. The molecule has 2 heterocycles. The van der Waals surface area contributed by atoms with E-state index in [0.29, 0.717) is 16.8 Å². The minimum absolute atomic E-state index is 0.116. The largest absolute Gasteiger partial charge is 0.494 e. The summed E-state index contributed by atoms with van der Waals surface area (Å²) in [6.07, 6.45) is 2.71. The summed E-state index contributed by atoms with van der Waals surface area (Å²) in [6, 6.07) is 4.14. The van der Waals surface area contributed by atoms with Crippen molar-refractivity contribution in [3.8, 4) is 5.88 Å². The second-order valence-electron chi connectivity index (χ2n) is 4.49. The van der Waals surface area contributed by atoms with E-state index in [1.165, 1.54) is 30.5 Å². The molecule has 0 atom stereocenters. The minimum Gasteiger partial charge on any atom is -0.494 e. The lowest BCUT2D eigenvalue weighted by molar-refractivity contribution is -0.384. The highest BCUT2D eigenvalue weighted by molar-refractivity contribution is 6.21. The third-order valence-corrected chi connectivity index (χ3v) is 3.10. The van der Waals surface area contributed by atoms with Crippen molar-refractivity contribution in [1.29, 1.82) is 0 Å². The van der Waals surface area contributed by atoms with E-state index >= 15 is 0 Å². The Balaban J connectivity index is 2.16. The van der Waals surface area contributed by atoms with Crippen LogP contribution in [-0.4, -0.2) is 26.2 Å². The number of benzene rings is 1. The quantitative estimate of drug-likeness (QED) is 0.558. The normalized spacial score (nSPS) is 14.3. The van der Waals surface area contributed by atoms with Gasteiger partial charge in [0.2, 0.25) is 5.88 Å². The first-order chi connectivity index (χ1) is 10.5. The first-order valence-corrected chi connectivity index (χ1v) is 6.06. The van der Waals surface area contributed by atoms with Crippen molar-refractivity contribution < 1.29 is 10.0 Å². The third-order valence-electron chi connectivity index (χ3n) is 3.10. The molecule has 0 bridgehead atoms. The Kier molecular flexibility index (Phi) is 2.95. The molecule has 0 aliphatic carbocycles. The van der Waals surface area contributed by atoms with Crippen LogP contribution in [0, 0.1) is 10.1 Å². The van der Waals surface area contributed by atoms with Gasteiger partial charge in [0.1, 0.15) is 5.56 Å². The van der Waals surface area contributed by atoms with Crippen molar-refractivity contribution in [3.05, 3.63) is 60.3 Å². The lowest BCUT2D eigenvalue weighted by atomic mass is 10.0. The highest BCUT2D eigenvalue weighted by atomic mass is 16.6. The van der Waals surface area contributed by atoms with Gasteiger partial charge in [-0.15, -0.1) is 0 Å². The summed E-state index contributed by atoms with van der Waals surface area (Å²) in [6.45, 7) is 0. The molecule has 9 nitrogen and oxygen atoms in total. The van der Waals surface area contributed by atoms with Crippen LogP contribution < -0.4 is 11.2 Å². The summed E-state index contributed by atoms with van der Waals surface area (Å²) in [7, 11) is 0. The van der Waals surface area contributed by atoms with Gasteiger partial charge in [-0.05, 0) is 12.1 Å². The van der Waals surface area contributed by atoms with E-state index in [9.17, 15) is 24.8 Å². The van der Waals surface area contributed by atoms with Crippen molar-refractivity contribution in [3.63, 3.8) is 0 Å². The van der Waals surface area contributed by atoms with Crippen LogP contribution in [0.2, 0.25) is 0 Å². The van der Waals surface area contributed by atoms with E-state index in [1.807, 2.05) is 4.98 Å². The molecule has 0 saturated carbocycles. The van der Waals surface area contributed by atoms with Crippen LogP contribution in [0.5, 0.6) is 5.88 Å². The van der Waals surface area contributed by atoms with Gasteiger partial charge >= 0.3 is 5.69 Å². The number of nitro groups is 1.